The average Bonchev–Trinajstić information content (AvgIpc) is 2.54. The number of nitrogens with zero attached hydrogens (tertiary/aromatic N) is 3. The second-order valence-electron chi connectivity index (χ2n) is 6.18. The van der Waals surface area contributed by atoms with Gasteiger partial charge in [0.15, 0.2) is 5.96 Å². The van der Waals surface area contributed by atoms with Crippen molar-refractivity contribution in [2.24, 2.45) is 10.7 Å². The molecule has 0 aromatic rings. The van der Waals surface area contributed by atoms with E-state index in [2.05, 4.69) is 42.5 Å². The lowest BCUT2D eigenvalue weighted by atomic mass is 10.2. The molecule has 0 unspecified atom stereocenters. The summed E-state index contributed by atoms with van der Waals surface area (Å²) in [7, 11) is 0. The summed E-state index contributed by atoms with van der Waals surface area (Å²) < 4.78 is 0. The fourth-order valence-corrected chi connectivity index (χ4v) is 2.31. The quantitative estimate of drug-likeness (QED) is 0.398. The van der Waals surface area contributed by atoms with E-state index in [1.165, 1.54) is 0 Å². The maximum absolute atomic E-state index is 8.31. The molecule has 0 aliphatic carbocycles. The molecule has 3 N–H and O–H groups in total. The smallest absolute Gasteiger partial charge is 0.221 e. The molecule has 0 heterocycles. The van der Waals surface area contributed by atoms with E-state index in [4.69, 9.17) is 11.1 Å². The van der Waals surface area contributed by atoms with Crippen LogP contribution in [0.25, 0.3) is 0 Å². The van der Waals surface area contributed by atoms with Crippen LogP contribution in [0.15, 0.2) is 4.99 Å². The zero-order valence-corrected chi connectivity index (χ0v) is 17.1. The van der Waals surface area contributed by atoms with E-state index < -0.39 is 0 Å². The van der Waals surface area contributed by atoms with Crippen LogP contribution in [0.3, 0.4) is 0 Å². The molecule has 0 aliphatic heterocycles. The minimum Gasteiger partial charge on any atom is -0.369 e. The molecule has 0 saturated carbocycles. The number of nitrogens with two attached hydrogens (primary N) is 1. The zero-order valence-electron chi connectivity index (χ0n) is 16.3. The second-order valence-corrected chi connectivity index (χ2v) is 6.18. The van der Waals surface area contributed by atoms with Crippen LogP contribution in [0.5, 0.6) is 0 Å². The van der Waals surface area contributed by atoms with Crippen LogP contribution in [0.4, 0.5) is 0 Å². The third-order valence-corrected chi connectivity index (χ3v) is 3.97. The number of halogens is 1. The number of hydrogen-bond acceptors (Lipinski definition) is 1. The number of hydrogen-bond donors (Lipinski definition) is 2. The van der Waals surface area contributed by atoms with Crippen LogP contribution in [0.1, 0.15) is 79.1 Å². The molecule has 0 radical (unpaired) electrons. The van der Waals surface area contributed by atoms with Gasteiger partial charge in [-0.2, -0.15) is 4.99 Å². The second kappa shape index (κ2) is 16.9. The predicted octanol–water partition coefficient (Wildman–Crippen LogP) is 4.46. The summed E-state index contributed by atoms with van der Waals surface area (Å²) in [5.41, 5.74) is 6.20. The summed E-state index contributed by atoms with van der Waals surface area (Å²) in [6.07, 6.45) is 8.97. The highest BCUT2D eigenvalue weighted by Gasteiger charge is 2.12. The molecule has 0 spiro atoms. The minimum atomic E-state index is 0. The van der Waals surface area contributed by atoms with Crippen molar-refractivity contribution in [2.75, 3.05) is 26.2 Å². The molecule has 0 aromatic carbocycles. The van der Waals surface area contributed by atoms with Crippen LogP contribution >= 0.6 is 12.4 Å². The summed E-state index contributed by atoms with van der Waals surface area (Å²) in [4.78, 5) is 8.62. The van der Waals surface area contributed by atoms with Crippen molar-refractivity contribution in [1.82, 2.24) is 9.80 Å². The lowest BCUT2D eigenvalue weighted by Gasteiger charge is -2.26. The molecule has 24 heavy (non-hydrogen) atoms. The van der Waals surface area contributed by atoms with E-state index in [0.29, 0.717) is 11.9 Å². The van der Waals surface area contributed by atoms with Gasteiger partial charge in [-0.25, -0.2) is 0 Å². The molecule has 6 heteroatoms. The monoisotopic (exact) mass is 361 g/mol. The fourth-order valence-electron chi connectivity index (χ4n) is 2.31. The van der Waals surface area contributed by atoms with E-state index in [9.17, 15) is 0 Å². The van der Waals surface area contributed by atoms with Crippen molar-refractivity contribution in [3.8, 4) is 0 Å². The molecule has 5 nitrogen and oxygen atoms in total. The maximum Gasteiger partial charge on any atom is 0.221 e. The van der Waals surface area contributed by atoms with Gasteiger partial charge >= 0.3 is 0 Å². The van der Waals surface area contributed by atoms with E-state index in [-0.39, 0.29) is 12.4 Å². The van der Waals surface area contributed by atoms with Crippen molar-refractivity contribution in [1.29, 1.82) is 5.41 Å². The van der Waals surface area contributed by atoms with E-state index >= 15 is 0 Å². The number of nitrogens with one attached hydrogen (secondary N) is 1. The molecule has 0 aliphatic rings. The third kappa shape index (κ3) is 11.5. The summed E-state index contributed by atoms with van der Waals surface area (Å²) in [5.74, 6) is 0.831. The Morgan fingerprint density at radius 3 is 1.42 bits per heavy atom. The van der Waals surface area contributed by atoms with Gasteiger partial charge in [0, 0.05) is 26.2 Å². The van der Waals surface area contributed by atoms with Gasteiger partial charge in [-0.3, -0.25) is 5.41 Å². The van der Waals surface area contributed by atoms with Gasteiger partial charge in [0.05, 0.1) is 0 Å². The lowest BCUT2D eigenvalue weighted by Crippen LogP contribution is -2.41. The Morgan fingerprint density at radius 2 is 1.08 bits per heavy atom. The number of aliphatic imine (C=N–C) groups is 1. The third-order valence-electron chi connectivity index (χ3n) is 3.97. The molecule has 0 rings (SSSR count). The first-order valence-corrected chi connectivity index (χ1v) is 9.53. The van der Waals surface area contributed by atoms with Crippen LogP contribution in [0, 0.1) is 5.41 Å². The van der Waals surface area contributed by atoms with E-state index in [0.717, 1.165) is 77.5 Å². The Kier molecular flexibility index (Phi) is 17.8. The molecule has 0 bridgehead atoms. The van der Waals surface area contributed by atoms with E-state index in [1.54, 1.807) is 0 Å². The van der Waals surface area contributed by atoms with Gasteiger partial charge in [-0.1, -0.05) is 53.4 Å². The van der Waals surface area contributed by atoms with Crippen molar-refractivity contribution in [3.05, 3.63) is 0 Å². The first kappa shape index (κ1) is 25.3. The Morgan fingerprint density at radius 1 is 0.750 bits per heavy atom. The topological polar surface area (TPSA) is 68.7 Å². The van der Waals surface area contributed by atoms with Crippen LogP contribution in [-0.2, 0) is 0 Å². The molecular weight excluding hydrogens is 322 g/mol. The Balaban J connectivity index is 0. The minimum absolute atomic E-state index is 0. The van der Waals surface area contributed by atoms with Crippen molar-refractivity contribution in [3.63, 3.8) is 0 Å². The van der Waals surface area contributed by atoms with Crippen LogP contribution in [0.2, 0.25) is 0 Å². The number of unbranched alkanes of at least 4 members (excludes halogenated alkanes) is 4. The predicted molar refractivity (Wildman–Crippen MR) is 109 cm³/mol. The Labute approximate surface area is 156 Å². The first-order valence-electron chi connectivity index (χ1n) is 9.53. The molecular formula is C18H40ClN5. The summed E-state index contributed by atoms with van der Waals surface area (Å²) in [6, 6.07) is 0. The fraction of sp³-hybridized carbons (Fsp3) is 0.889. The largest absolute Gasteiger partial charge is 0.369 e. The van der Waals surface area contributed by atoms with Crippen LogP contribution in [-0.4, -0.2) is 47.9 Å². The van der Waals surface area contributed by atoms with Gasteiger partial charge < -0.3 is 15.5 Å². The lowest BCUT2D eigenvalue weighted by molar-refractivity contribution is 0.383. The molecule has 0 fully saturated rings. The summed E-state index contributed by atoms with van der Waals surface area (Å²) in [5, 5.41) is 8.31. The standard InChI is InChI=1S/C18H39N5.ClH/c1-5-9-13-22(14-10-6-2)17(19)21-18(20)23(15-11-7-3)16-12-8-4;/h5-16H2,1-4H3,(H3,19,20,21);1H. The van der Waals surface area contributed by atoms with Gasteiger partial charge in [0.2, 0.25) is 5.96 Å². The summed E-state index contributed by atoms with van der Waals surface area (Å²) in [6.45, 7) is 12.4. The van der Waals surface area contributed by atoms with E-state index in [1.807, 2.05) is 0 Å². The van der Waals surface area contributed by atoms with Crippen LogP contribution < -0.4 is 5.73 Å². The normalized spacial score (nSPS) is 11.1. The van der Waals surface area contributed by atoms with Gasteiger partial charge in [-0.15, -0.1) is 12.4 Å². The molecule has 0 saturated heterocycles. The van der Waals surface area contributed by atoms with Gasteiger partial charge in [0.25, 0.3) is 0 Å². The molecule has 0 aromatic heterocycles. The number of rotatable bonds is 12. The number of guanidine groups is 2. The highest BCUT2D eigenvalue weighted by atomic mass is 35.5. The maximum atomic E-state index is 8.31. The average molecular weight is 362 g/mol. The Hall–Kier alpha value is -0.970. The zero-order chi connectivity index (χ0) is 17.5. The highest BCUT2D eigenvalue weighted by molar-refractivity contribution is 5.92. The SMILES string of the molecule is CCCCN(CCCC)C(=N)/N=C(\N)N(CCCC)CCCC.Cl. The molecule has 0 atom stereocenters. The van der Waals surface area contributed by atoms with Crippen molar-refractivity contribution in [2.45, 2.75) is 79.1 Å². The Bertz CT molecular complexity index is 317. The van der Waals surface area contributed by atoms with Crippen molar-refractivity contribution >= 4 is 24.3 Å². The first-order chi connectivity index (χ1) is 11.1. The van der Waals surface area contributed by atoms with Gasteiger partial charge in [0.1, 0.15) is 0 Å². The van der Waals surface area contributed by atoms with Crippen molar-refractivity contribution < 1.29 is 0 Å². The molecule has 0 amide bonds. The molecule has 144 valence electrons. The van der Waals surface area contributed by atoms with Gasteiger partial charge in [-0.05, 0) is 25.7 Å². The summed E-state index contributed by atoms with van der Waals surface area (Å²) >= 11 is 0. The highest BCUT2D eigenvalue weighted by Crippen LogP contribution is 2.03.